The third kappa shape index (κ3) is 4.99. The second-order valence-corrected chi connectivity index (χ2v) is 15.8. The van der Waals surface area contributed by atoms with Crippen LogP contribution in [0.4, 0.5) is 0 Å². The fourth-order valence-electron chi connectivity index (χ4n) is 9.55. The van der Waals surface area contributed by atoms with E-state index in [9.17, 15) is 0 Å². The van der Waals surface area contributed by atoms with Crippen molar-refractivity contribution in [1.29, 1.82) is 0 Å². The number of rotatable bonds is 4. The van der Waals surface area contributed by atoms with E-state index in [-0.39, 0.29) is 0 Å². The molecule has 60 heavy (non-hydrogen) atoms. The molecule has 0 saturated heterocycles. The van der Waals surface area contributed by atoms with Crippen molar-refractivity contribution in [3.05, 3.63) is 211 Å². The number of hydrogen-bond acceptors (Lipinski definition) is 4. The molecule has 12 aromatic rings. The molecule has 1 N–H and O–H groups in total. The number of para-hydroxylation sites is 1. The summed E-state index contributed by atoms with van der Waals surface area (Å²) in [5, 5.41) is 17.6. The third-order valence-electron chi connectivity index (χ3n) is 12.4. The number of nitrogens with one attached hydrogen (secondary N) is 1. The summed E-state index contributed by atoms with van der Waals surface area (Å²) >= 11 is 0. The monoisotopic (exact) mass is 766 g/mol. The van der Waals surface area contributed by atoms with Gasteiger partial charge in [-0.3, -0.25) is 0 Å². The van der Waals surface area contributed by atoms with Gasteiger partial charge in [-0.15, -0.1) is 0 Å². The highest BCUT2D eigenvalue weighted by atomic mass is 16.3. The molecule has 0 radical (unpaired) electrons. The van der Waals surface area contributed by atoms with Crippen LogP contribution in [0.15, 0.2) is 209 Å². The van der Waals surface area contributed by atoms with E-state index < -0.39 is 6.17 Å². The molecule has 0 spiro atoms. The number of furan rings is 1. The molecule has 10 aromatic carbocycles. The normalized spacial score (nSPS) is 14.5. The minimum absolute atomic E-state index is 0.584. The van der Waals surface area contributed by atoms with Gasteiger partial charge in [0.1, 0.15) is 22.8 Å². The zero-order chi connectivity index (χ0) is 39.3. The topological polar surface area (TPSA) is 54.8 Å². The SMILES string of the molecule is c1ccc2cc(C3=NC(c4cc5ccccc5c5c4oc4ccc(-n6c7ccccc7c7cc8ccccc8cc76)cc45)N=C(c4cccc5ccccc45)N3)ccc2c1. The van der Waals surface area contributed by atoms with Gasteiger partial charge in [0, 0.05) is 43.9 Å². The average Bonchev–Trinajstić information content (AvgIpc) is 3.85. The third-order valence-corrected chi connectivity index (χ3v) is 12.4. The molecule has 280 valence electrons. The number of amidine groups is 2. The fourth-order valence-corrected chi connectivity index (χ4v) is 9.55. The minimum Gasteiger partial charge on any atom is -0.456 e. The van der Waals surface area contributed by atoms with Crippen LogP contribution in [0.25, 0.3) is 92.5 Å². The lowest BCUT2D eigenvalue weighted by atomic mass is 9.98. The van der Waals surface area contributed by atoms with Crippen molar-refractivity contribution in [3.8, 4) is 5.69 Å². The van der Waals surface area contributed by atoms with Crippen molar-refractivity contribution in [1.82, 2.24) is 9.88 Å². The van der Waals surface area contributed by atoms with E-state index >= 15 is 0 Å². The first-order valence-electron chi connectivity index (χ1n) is 20.4. The van der Waals surface area contributed by atoms with E-state index in [1.807, 2.05) is 0 Å². The molecule has 5 heteroatoms. The van der Waals surface area contributed by atoms with E-state index in [0.29, 0.717) is 0 Å². The Kier molecular flexibility index (Phi) is 7.01. The van der Waals surface area contributed by atoms with Crippen LogP contribution in [0.2, 0.25) is 0 Å². The summed E-state index contributed by atoms with van der Waals surface area (Å²) in [6.45, 7) is 0. The maximum atomic E-state index is 6.99. The minimum atomic E-state index is -0.584. The zero-order valence-electron chi connectivity index (χ0n) is 32.3. The first-order valence-corrected chi connectivity index (χ1v) is 20.4. The highest BCUT2D eigenvalue weighted by molar-refractivity contribution is 6.23. The van der Waals surface area contributed by atoms with E-state index in [2.05, 4.69) is 204 Å². The van der Waals surface area contributed by atoms with Crippen LogP contribution >= 0.6 is 0 Å². The second kappa shape index (κ2) is 12.7. The van der Waals surface area contributed by atoms with Crippen molar-refractivity contribution in [2.75, 3.05) is 0 Å². The van der Waals surface area contributed by atoms with Crippen molar-refractivity contribution < 1.29 is 4.42 Å². The van der Waals surface area contributed by atoms with Gasteiger partial charge >= 0.3 is 0 Å². The van der Waals surface area contributed by atoms with Gasteiger partial charge in [-0.05, 0) is 91.6 Å². The lowest BCUT2D eigenvalue weighted by Gasteiger charge is -2.23. The summed E-state index contributed by atoms with van der Waals surface area (Å²) < 4.78 is 9.39. The number of aliphatic imine (C=N–C) groups is 2. The molecule has 1 aliphatic heterocycles. The highest BCUT2D eigenvalue weighted by Gasteiger charge is 2.27. The number of hydrogen-bond donors (Lipinski definition) is 1. The molecule has 1 atom stereocenters. The van der Waals surface area contributed by atoms with Gasteiger partial charge in [-0.2, -0.15) is 0 Å². The Balaban J connectivity index is 1.06. The molecule has 1 unspecified atom stereocenters. The van der Waals surface area contributed by atoms with Crippen LogP contribution in [0.3, 0.4) is 0 Å². The lowest BCUT2D eigenvalue weighted by Crippen LogP contribution is -2.36. The number of nitrogens with zero attached hydrogens (tertiary/aromatic N) is 3. The molecular weight excluding hydrogens is 733 g/mol. The van der Waals surface area contributed by atoms with Crippen LogP contribution in [0.1, 0.15) is 22.9 Å². The maximum absolute atomic E-state index is 6.99. The van der Waals surface area contributed by atoms with Gasteiger partial charge < -0.3 is 14.3 Å². The molecule has 0 bridgehead atoms. The van der Waals surface area contributed by atoms with Crippen LogP contribution in [-0.2, 0) is 0 Å². The van der Waals surface area contributed by atoms with E-state index in [0.717, 1.165) is 82.9 Å². The summed E-state index contributed by atoms with van der Waals surface area (Å²) in [5.41, 5.74) is 7.98. The fraction of sp³-hybridized carbons (Fsp3) is 0.0182. The van der Waals surface area contributed by atoms with Crippen molar-refractivity contribution in [2.24, 2.45) is 9.98 Å². The van der Waals surface area contributed by atoms with Gasteiger partial charge in [-0.1, -0.05) is 146 Å². The predicted molar refractivity (Wildman–Crippen MR) is 250 cm³/mol. The first kappa shape index (κ1) is 33.0. The Morgan fingerprint density at radius 3 is 1.95 bits per heavy atom. The standard InChI is InChI=1S/C55H34N4O/c1-2-14-35-28-39(25-24-33(35)12-1)53-56-54(44-22-11-18-34-13-5-7-19-41(34)44)58-55(57-53)47-30-38-17-6-8-20-42(38)51-46-32-40(26-27-50(46)60-52(47)51)59-48-23-10-9-21-43(48)45-29-36-15-3-4-16-37(36)31-49(45)59/h1-32,55H,(H,56,57,58). The molecule has 1 aliphatic rings. The van der Waals surface area contributed by atoms with Gasteiger partial charge in [-0.25, -0.2) is 9.98 Å². The van der Waals surface area contributed by atoms with Crippen LogP contribution < -0.4 is 5.32 Å². The first-order chi connectivity index (χ1) is 29.7. The second-order valence-electron chi connectivity index (χ2n) is 15.8. The van der Waals surface area contributed by atoms with Gasteiger partial charge in [0.05, 0.1) is 11.0 Å². The van der Waals surface area contributed by atoms with Gasteiger partial charge in [0.15, 0.2) is 6.17 Å². The number of benzene rings is 10. The largest absolute Gasteiger partial charge is 0.456 e. The Morgan fingerprint density at radius 2 is 1.10 bits per heavy atom. The Bertz CT molecular complexity index is 3820. The molecule has 0 aliphatic carbocycles. The predicted octanol–water partition coefficient (Wildman–Crippen LogP) is 13.8. The summed E-state index contributed by atoms with van der Waals surface area (Å²) in [6, 6.07) is 69.2. The van der Waals surface area contributed by atoms with E-state index in [1.165, 1.54) is 38.0 Å². The average molecular weight is 767 g/mol. The number of fused-ring (bicyclic) bond motifs is 11. The van der Waals surface area contributed by atoms with Gasteiger partial charge in [0.2, 0.25) is 0 Å². The quantitative estimate of drug-likeness (QED) is 0.194. The van der Waals surface area contributed by atoms with Gasteiger partial charge in [0.25, 0.3) is 0 Å². The van der Waals surface area contributed by atoms with Crippen LogP contribution in [0, 0.1) is 0 Å². The molecule has 2 aromatic heterocycles. The molecule has 3 heterocycles. The molecule has 0 amide bonds. The molecule has 0 saturated carbocycles. The van der Waals surface area contributed by atoms with Crippen molar-refractivity contribution >= 4 is 98.5 Å². The summed E-state index contributed by atoms with van der Waals surface area (Å²) in [5.74, 6) is 1.54. The summed E-state index contributed by atoms with van der Waals surface area (Å²) in [4.78, 5) is 10.9. The number of aromatic nitrogens is 1. The molecule has 0 fully saturated rings. The molecule has 13 rings (SSSR count). The van der Waals surface area contributed by atoms with Crippen LogP contribution in [0.5, 0.6) is 0 Å². The Morgan fingerprint density at radius 1 is 0.433 bits per heavy atom. The zero-order valence-corrected chi connectivity index (χ0v) is 32.3. The Hall–Kier alpha value is -8.02. The molecular formula is C55H34N4O. The smallest absolute Gasteiger partial charge is 0.173 e. The van der Waals surface area contributed by atoms with Crippen LogP contribution in [-0.4, -0.2) is 16.2 Å². The van der Waals surface area contributed by atoms with E-state index in [4.69, 9.17) is 14.4 Å². The van der Waals surface area contributed by atoms with Crippen molar-refractivity contribution in [3.63, 3.8) is 0 Å². The maximum Gasteiger partial charge on any atom is 0.173 e. The highest BCUT2D eigenvalue weighted by Crippen LogP contribution is 2.43. The summed E-state index contributed by atoms with van der Waals surface area (Å²) in [7, 11) is 0. The van der Waals surface area contributed by atoms with E-state index in [1.54, 1.807) is 0 Å². The van der Waals surface area contributed by atoms with Crippen molar-refractivity contribution in [2.45, 2.75) is 6.17 Å². The lowest BCUT2D eigenvalue weighted by molar-refractivity contribution is 0.649. The Labute approximate surface area is 344 Å². The molecule has 5 nitrogen and oxygen atoms in total. The summed E-state index contributed by atoms with van der Waals surface area (Å²) in [6.07, 6.45) is -0.584.